The first kappa shape index (κ1) is 24.8. The summed E-state index contributed by atoms with van der Waals surface area (Å²) in [5.74, 6) is -2.81. The van der Waals surface area contributed by atoms with Gasteiger partial charge in [-0.05, 0) is 45.0 Å². The number of pyridine rings is 2. The van der Waals surface area contributed by atoms with Gasteiger partial charge in [-0.15, -0.1) is 0 Å². The van der Waals surface area contributed by atoms with Crippen LogP contribution >= 0.6 is 0 Å². The maximum absolute atomic E-state index is 14.3. The number of aromatic nitrogens is 2. The van der Waals surface area contributed by atoms with Gasteiger partial charge in [0.2, 0.25) is 11.3 Å². The van der Waals surface area contributed by atoms with Crippen molar-refractivity contribution in [1.29, 1.82) is 0 Å². The number of aromatic amines is 1. The zero-order chi connectivity index (χ0) is 26.1. The van der Waals surface area contributed by atoms with E-state index in [-0.39, 0.29) is 40.6 Å². The molecule has 0 saturated carbocycles. The summed E-state index contributed by atoms with van der Waals surface area (Å²) in [5.41, 5.74) is 1.03. The monoisotopic (exact) mass is 493 g/mol. The van der Waals surface area contributed by atoms with Crippen LogP contribution in [0, 0.1) is 25.5 Å². The van der Waals surface area contributed by atoms with Gasteiger partial charge in [0.25, 0.3) is 0 Å². The quantitative estimate of drug-likeness (QED) is 0.356. The summed E-state index contributed by atoms with van der Waals surface area (Å²) in [6, 6.07) is 11.2. The van der Waals surface area contributed by atoms with Crippen molar-refractivity contribution in [2.24, 2.45) is 0 Å². The summed E-state index contributed by atoms with van der Waals surface area (Å²) >= 11 is 0. The molecular weight excluding hydrogens is 468 g/mol. The average Bonchev–Trinajstić information content (AvgIpc) is 2.83. The van der Waals surface area contributed by atoms with Crippen LogP contribution in [0.15, 0.2) is 47.3 Å². The molecule has 0 atom stereocenters. The Labute approximate surface area is 206 Å². The predicted molar refractivity (Wildman–Crippen MR) is 134 cm³/mol. The van der Waals surface area contributed by atoms with E-state index in [4.69, 9.17) is 9.47 Å². The van der Waals surface area contributed by atoms with Gasteiger partial charge >= 0.3 is 5.97 Å². The van der Waals surface area contributed by atoms with Gasteiger partial charge < -0.3 is 19.4 Å². The Bertz CT molecular complexity index is 1550. The van der Waals surface area contributed by atoms with Crippen LogP contribution in [0.1, 0.15) is 28.5 Å². The maximum atomic E-state index is 14.3. The third kappa shape index (κ3) is 4.39. The molecule has 0 saturated heterocycles. The van der Waals surface area contributed by atoms with E-state index in [0.29, 0.717) is 22.3 Å². The molecule has 36 heavy (non-hydrogen) atoms. The summed E-state index contributed by atoms with van der Waals surface area (Å²) in [6.45, 7) is 4.81. The second kappa shape index (κ2) is 9.77. The number of esters is 1. The zero-order valence-electron chi connectivity index (χ0n) is 20.5. The van der Waals surface area contributed by atoms with Gasteiger partial charge in [0.15, 0.2) is 11.6 Å². The van der Waals surface area contributed by atoms with Crippen LogP contribution in [0.2, 0.25) is 0 Å². The largest absolute Gasteiger partial charge is 0.462 e. The number of hydrogen-bond acceptors (Lipinski definition) is 6. The Morgan fingerprint density at radius 1 is 1.11 bits per heavy atom. The first-order valence-electron chi connectivity index (χ1n) is 11.3. The highest BCUT2D eigenvalue weighted by atomic mass is 19.2. The fraction of sp³-hybridized carbons (Fsp3) is 0.222. The molecule has 4 rings (SSSR count). The van der Waals surface area contributed by atoms with Crippen LogP contribution in [0.25, 0.3) is 22.2 Å². The maximum Gasteiger partial charge on any atom is 0.344 e. The Morgan fingerprint density at radius 3 is 2.53 bits per heavy atom. The fourth-order valence-electron chi connectivity index (χ4n) is 4.05. The summed E-state index contributed by atoms with van der Waals surface area (Å²) < 4.78 is 39.2. The van der Waals surface area contributed by atoms with Crippen LogP contribution in [0.5, 0.6) is 11.6 Å². The lowest BCUT2D eigenvalue weighted by molar-refractivity contribution is 0.0525. The van der Waals surface area contributed by atoms with Crippen LogP contribution in [-0.2, 0) is 4.74 Å². The number of rotatable bonds is 6. The SMILES string of the molecule is CCOC(=O)c1c(-c2cc3ccccc3nc2Oc2ccc(F)c(F)c2C)[nH]c(C)c(N(C)C)c1=O. The van der Waals surface area contributed by atoms with Crippen molar-refractivity contribution in [1.82, 2.24) is 9.97 Å². The molecule has 0 aliphatic carbocycles. The highest BCUT2D eigenvalue weighted by Gasteiger charge is 2.27. The first-order valence-corrected chi connectivity index (χ1v) is 11.3. The molecule has 0 amide bonds. The van der Waals surface area contributed by atoms with Crippen molar-refractivity contribution < 1.29 is 23.0 Å². The van der Waals surface area contributed by atoms with Gasteiger partial charge in [-0.3, -0.25) is 4.79 Å². The Kier molecular flexibility index (Phi) is 6.74. The number of nitrogens with one attached hydrogen (secondary N) is 1. The number of carbonyl (C=O) groups is 1. The van der Waals surface area contributed by atoms with Crippen molar-refractivity contribution in [3.8, 4) is 22.9 Å². The summed E-state index contributed by atoms with van der Waals surface area (Å²) in [7, 11) is 3.40. The number of halogens is 2. The predicted octanol–water partition coefficient (Wildman–Crippen LogP) is 5.52. The van der Waals surface area contributed by atoms with Crippen molar-refractivity contribution in [3.63, 3.8) is 0 Å². The van der Waals surface area contributed by atoms with Crippen molar-refractivity contribution in [3.05, 3.63) is 81.1 Å². The van der Waals surface area contributed by atoms with E-state index in [1.807, 2.05) is 12.1 Å². The molecule has 2 aromatic carbocycles. The highest BCUT2D eigenvalue weighted by Crippen LogP contribution is 2.37. The molecule has 0 unspecified atom stereocenters. The normalized spacial score (nSPS) is 11.0. The molecule has 2 heterocycles. The Morgan fingerprint density at radius 2 is 1.83 bits per heavy atom. The van der Waals surface area contributed by atoms with E-state index >= 15 is 0 Å². The third-order valence-corrected chi connectivity index (χ3v) is 5.74. The number of para-hydroxylation sites is 1. The second-order valence-electron chi connectivity index (χ2n) is 8.41. The molecule has 0 radical (unpaired) electrons. The van der Waals surface area contributed by atoms with Crippen LogP contribution in [0.4, 0.5) is 14.5 Å². The molecule has 186 valence electrons. The van der Waals surface area contributed by atoms with E-state index in [0.717, 1.165) is 6.07 Å². The Hall–Kier alpha value is -4.27. The number of anilines is 1. The number of hydrogen-bond donors (Lipinski definition) is 1. The number of carbonyl (C=O) groups excluding carboxylic acids is 1. The number of aryl methyl sites for hydroxylation is 1. The molecule has 4 aromatic rings. The van der Waals surface area contributed by atoms with Crippen molar-refractivity contribution in [2.75, 3.05) is 25.6 Å². The van der Waals surface area contributed by atoms with E-state index in [2.05, 4.69) is 9.97 Å². The van der Waals surface area contributed by atoms with Gasteiger partial charge in [0.1, 0.15) is 17.0 Å². The van der Waals surface area contributed by atoms with Crippen LogP contribution < -0.4 is 15.1 Å². The standard InChI is InChI=1S/C27H25F2N3O4/c1-6-35-27(34)21-23(30-15(3)24(25(21)33)32(4)5)17-13-16-9-7-8-10-19(16)31-26(17)36-20-12-11-18(28)22(29)14(20)2/h7-13H,6H2,1-5H3,(H,30,33). The molecule has 0 spiro atoms. The van der Waals surface area contributed by atoms with Gasteiger partial charge in [0.05, 0.1) is 23.4 Å². The van der Waals surface area contributed by atoms with Crippen molar-refractivity contribution in [2.45, 2.75) is 20.8 Å². The van der Waals surface area contributed by atoms with Crippen LogP contribution in [-0.4, -0.2) is 36.6 Å². The van der Waals surface area contributed by atoms with E-state index in [1.165, 1.54) is 13.0 Å². The van der Waals surface area contributed by atoms with Gasteiger partial charge in [0, 0.05) is 30.7 Å². The molecule has 0 fully saturated rings. The van der Waals surface area contributed by atoms with Crippen molar-refractivity contribution >= 4 is 22.6 Å². The van der Waals surface area contributed by atoms with E-state index in [1.54, 1.807) is 51.0 Å². The third-order valence-electron chi connectivity index (χ3n) is 5.74. The molecule has 0 aliphatic rings. The minimum absolute atomic E-state index is 0.000935. The minimum atomic E-state index is -1.04. The number of fused-ring (bicyclic) bond motifs is 1. The lowest BCUT2D eigenvalue weighted by Gasteiger charge is -2.20. The fourth-order valence-corrected chi connectivity index (χ4v) is 4.05. The summed E-state index contributed by atoms with van der Waals surface area (Å²) in [6.07, 6.45) is 0. The topological polar surface area (TPSA) is 84.5 Å². The zero-order valence-corrected chi connectivity index (χ0v) is 20.5. The second-order valence-corrected chi connectivity index (χ2v) is 8.41. The van der Waals surface area contributed by atoms with Gasteiger partial charge in [-0.1, -0.05) is 18.2 Å². The summed E-state index contributed by atoms with van der Waals surface area (Å²) in [5, 5.41) is 0.715. The lowest BCUT2D eigenvalue weighted by atomic mass is 10.0. The molecule has 0 aliphatic heterocycles. The smallest absolute Gasteiger partial charge is 0.344 e. The number of nitrogens with zero attached hydrogens (tertiary/aromatic N) is 2. The lowest BCUT2D eigenvalue weighted by Crippen LogP contribution is -2.28. The minimum Gasteiger partial charge on any atom is -0.462 e. The van der Waals surface area contributed by atoms with E-state index in [9.17, 15) is 18.4 Å². The van der Waals surface area contributed by atoms with Crippen LogP contribution in [0.3, 0.4) is 0 Å². The number of H-pyrrole nitrogens is 1. The Balaban J connectivity index is 2.05. The molecule has 2 aromatic heterocycles. The van der Waals surface area contributed by atoms with Gasteiger partial charge in [-0.25, -0.2) is 18.6 Å². The van der Waals surface area contributed by atoms with Gasteiger partial charge in [-0.2, -0.15) is 0 Å². The molecule has 1 N–H and O–H groups in total. The first-order chi connectivity index (χ1) is 17.1. The number of ether oxygens (including phenoxy) is 2. The summed E-state index contributed by atoms with van der Waals surface area (Å²) in [4.78, 5) is 35.8. The number of benzene rings is 2. The average molecular weight is 494 g/mol. The molecule has 7 nitrogen and oxygen atoms in total. The molecule has 9 heteroatoms. The van der Waals surface area contributed by atoms with E-state index < -0.39 is 23.0 Å². The molecule has 0 bridgehead atoms. The highest BCUT2D eigenvalue weighted by molar-refractivity contribution is 5.99. The molecular formula is C27H25F2N3O4.